The highest BCUT2D eigenvalue weighted by Gasteiger charge is 2.30. The van der Waals surface area contributed by atoms with Gasteiger partial charge in [-0.25, -0.2) is 4.79 Å². The molecule has 0 atom stereocenters. The second-order valence-electron chi connectivity index (χ2n) is 3.14. The quantitative estimate of drug-likeness (QED) is 0.807. The molecular formula is C9H7F3N2O2. The Kier molecular flexibility index (Phi) is 2.18. The number of hydrogen-bond acceptors (Lipinski definition) is 2. The van der Waals surface area contributed by atoms with E-state index < -0.39 is 17.4 Å². The zero-order chi connectivity index (χ0) is 11.9. The molecule has 0 saturated heterocycles. The third-order valence-corrected chi connectivity index (χ3v) is 2.15. The third-order valence-electron chi connectivity index (χ3n) is 2.15. The Labute approximate surface area is 87.2 Å². The van der Waals surface area contributed by atoms with Gasteiger partial charge in [0.05, 0.1) is 11.1 Å². The lowest BCUT2D eigenvalue weighted by Gasteiger charge is -2.06. The Morgan fingerprint density at radius 1 is 1.38 bits per heavy atom. The molecule has 1 aromatic heterocycles. The van der Waals surface area contributed by atoms with Crippen LogP contribution in [0.3, 0.4) is 0 Å². The number of nitrogens with one attached hydrogen (secondary N) is 1. The van der Waals surface area contributed by atoms with Crippen molar-refractivity contribution in [1.29, 1.82) is 0 Å². The molecule has 0 amide bonds. The number of benzene rings is 1. The van der Waals surface area contributed by atoms with E-state index in [-0.39, 0.29) is 11.0 Å². The Hall–Kier alpha value is -1.92. The van der Waals surface area contributed by atoms with Crippen molar-refractivity contribution in [3.8, 4) is 0 Å². The van der Waals surface area contributed by atoms with E-state index in [1.807, 2.05) is 0 Å². The second-order valence-corrected chi connectivity index (χ2v) is 3.14. The molecule has 16 heavy (non-hydrogen) atoms. The summed E-state index contributed by atoms with van der Waals surface area (Å²) in [6.07, 6.45) is -4.43. The van der Waals surface area contributed by atoms with Gasteiger partial charge in [0, 0.05) is 0 Å². The molecule has 1 aromatic carbocycles. The largest absolute Gasteiger partial charge is 0.416 e. The summed E-state index contributed by atoms with van der Waals surface area (Å²) in [4.78, 5) is 18.2. The minimum absolute atomic E-state index is 0.0849. The van der Waals surface area contributed by atoms with Crippen LogP contribution in [0.2, 0.25) is 0 Å². The van der Waals surface area contributed by atoms with Crippen LogP contribution in [0.1, 0.15) is 5.56 Å². The fourth-order valence-corrected chi connectivity index (χ4v) is 1.45. The van der Waals surface area contributed by atoms with Gasteiger partial charge in [0.2, 0.25) is 0 Å². The van der Waals surface area contributed by atoms with Crippen molar-refractivity contribution in [1.82, 2.24) is 9.71 Å². The van der Waals surface area contributed by atoms with Gasteiger partial charge < -0.3 is 9.82 Å². The number of fused-ring (bicyclic) bond motifs is 1. The van der Waals surface area contributed by atoms with Gasteiger partial charge in [0.15, 0.2) is 0 Å². The minimum atomic E-state index is -4.43. The van der Waals surface area contributed by atoms with Crippen molar-refractivity contribution in [2.75, 3.05) is 7.11 Å². The van der Waals surface area contributed by atoms with Crippen molar-refractivity contribution in [3.63, 3.8) is 0 Å². The highest BCUT2D eigenvalue weighted by Crippen LogP contribution is 2.30. The first-order valence-electron chi connectivity index (χ1n) is 4.30. The van der Waals surface area contributed by atoms with E-state index in [0.29, 0.717) is 0 Å². The molecule has 2 aromatic rings. The zero-order valence-corrected chi connectivity index (χ0v) is 8.13. The fourth-order valence-electron chi connectivity index (χ4n) is 1.45. The highest BCUT2D eigenvalue weighted by atomic mass is 19.4. The summed E-state index contributed by atoms with van der Waals surface area (Å²) in [7, 11) is 1.26. The molecule has 4 nitrogen and oxygen atoms in total. The fraction of sp³-hybridized carbons (Fsp3) is 0.222. The number of alkyl halides is 3. The molecule has 86 valence electrons. The van der Waals surface area contributed by atoms with Gasteiger partial charge in [0.1, 0.15) is 12.6 Å². The number of hydrogen-bond donors (Lipinski definition) is 1. The number of nitrogens with zero attached hydrogens (tertiary/aromatic N) is 1. The first-order valence-corrected chi connectivity index (χ1v) is 4.30. The number of aromatic nitrogens is 2. The molecule has 0 fully saturated rings. The SMILES string of the molecule is COn1c(=O)[nH]c2cc(C(F)(F)F)ccc21. The molecule has 0 saturated carbocycles. The van der Waals surface area contributed by atoms with E-state index in [0.717, 1.165) is 16.9 Å². The van der Waals surface area contributed by atoms with Crippen molar-refractivity contribution in [2.24, 2.45) is 0 Å². The van der Waals surface area contributed by atoms with E-state index in [9.17, 15) is 18.0 Å². The molecule has 0 bridgehead atoms. The maximum atomic E-state index is 12.4. The average molecular weight is 232 g/mol. The van der Waals surface area contributed by atoms with E-state index in [1.54, 1.807) is 0 Å². The number of H-pyrrole nitrogens is 1. The van der Waals surface area contributed by atoms with Crippen LogP contribution in [-0.4, -0.2) is 16.8 Å². The summed E-state index contributed by atoms with van der Waals surface area (Å²) in [5.41, 5.74) is -1.08. The van der Waals surface area contributed by atoms with Gasteiger partial charge in [0.25, 0.3) is 0 Å². The second kappa shape index (κ2) is 3.29. The summed E-state index contributed by atoms with van der Waals surface area (Å²) >= 11 is 0. The van der Waals surface area contributed by atoms with Gasteiger partial charge in [-0.05, 0) is 18.2 Å². The molecule has 0 aliphatic rings. The lowest BCUT2D eigenvalue weighted by molar-refractivity contribution is -0.137. The maximum Gasteiger partial charge on any atom is 0.416 e. The van der Waals surface area contributed by atoms with Crippen molar-refractivity contribution in [3.05, 3.63) is 34.2 Å². The Morgan fingerprint density at radius 3 is 2.62 bits per heavy atom. The summed E-state index contributed by atoms with van der Waals surface area (Å²) < 4.78 is 38.0. The Bertz CT molecular complexity index is 582. The van der Waals surface area contributed by atoms with Crippen molar-refractivity contribution >= 4 is 11.0 Å². The summed E-state index contributed by atoms with van der Waals surface area (Å²) in [6, 6.07) is 2.94. The Morgan fingerprint density at radius 2 is 2.06 bits per heavy atom. The van der Waals surface area contributed by atoms with Gasteiger partial charge in [-0.1, -0.05) is 0 Å². The van der Waals surface area contributed by atoms with Crippen LogP contribution in [0.5, 0.6) is 0 Å². The predicted octanol–water partition coefficient (Wildman–Crippen LogP) is 1.41. The molecule has 1 N–H and O–H groups in total. The number of rotatable bonds is 1. The number of halogens is 3. The Balaban J connectivity index is 2.70. The smallest absolute Gasteiger partial charge is 0.412 e. The van der Waals surface area contributed by atoms with E-state index >= 15 is 0 Å². The van der Waals surface area contributed by atoms with Gasteiger partial charge in [-0.15, -0.1) is 4.73 Å². The van der Waals surface area contributed by atoms with Crippen LogP contribution in [0.25, 0.3) is 11.0 Å². The molecule has 7 heteroatoms. The predicted molar refractivity (Wildman–Crippen MR) is 50.1 cm³/mol. The van der Waals surface area contributed by atoms with Crippen LogP contribution in [-0.2, 0) is 6.18 Å². The highest BCUT2D eigenvalue weighted by molar-refractivity contribution is 5.75. The van der Waals surface area contributed by atoms with Crippen molar-refractivity contribution in [2.45, 2.75) is 6.18 Å². The van der Waals surface area contributed by atoms with E-state index in [4.69, 9.17) is 4.84 Å². The molecule has 2 rings (SSSR count). The van der Waals surface area contributed by atoms with Gasteiger partial charge in [-0.2, -0.15) is 13.2 Å². The molecule has 0 unspecified atom stereocenters. The topological polar surface area (TPSA) is 47.0 Å². The summed E-state index contributed by atoms with van der Waals surface area (Å²) in [5.74, 6) is 0. The van der Waals surface area contributed by atoms with Crippen LogP contribution in [0, 0.1) is 0 Å². The lowest BCUT2D eigenvalue weighted by atomic mass is 10.2. The maximum absolute atomic E-state index is 12.4. The monoisotopic (exact) mass is 232 g/mol. The lowest BCUT2D eigenvalue weighted by Crippen LogP contribution is -2.21. The molecular weight excluding hydrogens is 225 g/mol. The first kappa shape index (κ1) is 10.6. The van der Waals surface area contributed by atoms with Crippen molar-refractivity contribution < 1.29 is 18.0 Å². The third kappa shape index (κ3) is 1.54. The molecule has 1 heterocycles. The number of aromatic amines is 1. The molecule has 0 radical (unpaired) electrons. The average Bonchev–Trinajstić information content (AvgIpc) is 2.50. The summed E-state index contributed by atoms with van der Waals surface area (Å²) in [6.45, 7) is 0. The van der Waals surface area contributed by atoms with Crippen LogP contribution < -0.4 is 10.5 Å². The van der Waals surface area contributed by atoms with Gasteiger partial charge >= 0.3 is 11.9 Å². The van der Waals surface area contributed by atoms with E-state index in [2.05, 4.69) is 4.98 Å². The van der Waals surface area contributed by atoms with Crippen LogP contribution >= 0.6 is 0 Å². The molecule has 0 spiro atoms. The standard InChI is InChI=1S/C9H7F3N2O2/c1-16-14-7-3-2-5(9(10,11)12)4-6(7)13-8(14)15/h2-4H,1H3,(H,13,15). The van der Waals surface area contributed by atoms with E-state index in [1.165, 1.54) is 13.2 Å². The zero-order valence-electron chi connectivity index (χ0n) is 8.13. The first-order chi connectivity index (χ1) is 7.43. The molecule has 0 aliphatic carbocycles. The number of imidazole rings is 1. The summed E-state index contributed by atoms with van der Waals surface area (Å²) in [5, 5.41) is 0. The van der Waals surface area contributed by atoms with Crippen LogP contribution in [0.15, 0.2) is 23.0 Å². The molecule has 0 aliphatic heterocycles. The van der Waals surface area contributed by atoms with Crippen LogP contribution in [0.4, 0.5) is 13.2 Å². The minimum Gasteiger partial charge on any atom is -0.412 e. The normalized spacial score (nSPS) is 12.0. The van der Waals surface area contributed by atoms with Gasteiger partial charge in [-0.3, -0.25) is 0 Å².